The summed E-state index contributed by atoms with van der Waals surface area (Å²) in [4.78, 5) is 20.6. The quantitative estimate of drug-likeness (QED) is 0.769. The molecule has 4 heteroatoms. The van der Waals surface area contributed by atoms with E-state index in [-0.39, 0.29) is 11.5 Å². The topological polar surface area (TPSA) is 65.5 Å². The second-order valence-corrected chi connectivity index (χ2v) is 7.14. The van der Waals surface area contributed by atoms with Crippen molar-refractivity contribution in [3.63, 3.8) is 0 Å². The number of carbonyl (C=O) groups excluding carboxylic acids is 1. The number of aliphatic hydroxyl groups excluding tert-OH is 1. The van der Waals surface area contributed by atoms with Gasteiger partial charge in [-0.05, 0) is 74.6 Å². The predicted molar refractivity (Wildman–Crippen MR) is 93.0 cm³/mol. The summed E-state index contributed by atoms with van der Waals surface area (Å²) in [5.41, 5.74) is 7.11. The Morgan fingerprint density at radius 3 is 2.58 bits per heavy atom. The number of allylic oxidation sites excluding steroid dienone is 4. The second kappa shape index (κ2) is 5.07. The number of fused-ring (bicyclic) bond motifs is 2. The Labute approximate surface area is 140 Å². The average Bonchev–Trinajstić information content (AvgIpc) is 3.17. The molecule has 122 valence electrons. The fraction of sp³-hybridized carbons (Fsp3) is 0.400. The molecule has 0 bridgehead atoms. The maximum atomic E-state index is 12.7. The van der Waals surface area contributed by atoms with Gasteiger partial charge in [0, 0.05) is 11.4 Å². The number of hydrogen-bond donors (Lipinski definition) is 2. The molecule has 1 aromatic heterocycles. The first kappa shape index (κ1) is 14.0. The molecule has 1 aromatic rings. The number of aryl methyl sites for hydroxylation is 2. The number of rotatable bonds is 1. The SMILES string of the molecule is O=C1C(c2cc3c([nH]2)CCCC3)=C(O)/C1=C1/C=C2CCCCC2=N1. The van der Waals surface area contributed by atoms with E-state index in [1.165, 1.54) is 36.1 Å². The van der Waals surface area contributed by atoms with Crippen LogP contribution in [0.15, 0.2) is 39.7 Å². The van der Waals surface area contributed by atoms with Crippen molar-refractivity contribution in [2.45, 2.75) is 51.4 Å². The Balaban J connectivity index is 1.55. The summed E-state index contributed by atoms with van der Waals surface area (Å²) in [6.07, 6.45) is 10.8. The number of hydrogen-bond acceptors (Lipinski definition) is 3. The van der Waals surface area contributed by atoms with Gasteiger partial charge in [-0.1, -0.05) is 0 Å². The third kappa shape index (κ3) is 1.92. The largest absolute Gasteiger partial charge is 0.506 e. The van der Waals surface area contributed by atoms with Crippen molar-refractivity contribution in [1.82, 2.24) is 4.98 Å². The van der Waals surface area contributed by atoms with Crippen LogP contribution < -0.4 is 0 Å². The van der Waals surface area contributed by atoms with Crippen LogP contribution in [-0.4, -0.2) is 21.6 Å². The number of aliphatic imine (C=N–C) groups is 1. The van der Waals surface area contributed by atoms with E-state index in [2.05, 4.69) is 9.98 Å². The first-order valence-electron chi connectivity index (χ1n) is 8.94. The minimum absolute atomic E-state index is 0.0825. The lowest BCUT2D eigenvalue weighted by molar-refractivity contribution is -0.111. The standard InChI is InChI=1S/C20H20N2O2/c23-19-17(15-9-11-5-1-3-7-13(11)21-15)20(24)18(19)16-10-12-6-2-4-8-14(12)22-16/h9-10,21,23H,1-8H2/b18-16+. The van der Waals surface area contributed by atoms with Gasteiger partial charge in [0.15, 0.2) is 0 Å². The number of nitrogens with zero attached hydrogens (tertiary/aromatic N) is 1. The summed E-state index contributed by atoms with van der Waals surface area (Å²) >= 11 is 0. The van der Waals surface area contributed by atoms with Gasteiger partial charge in [0.1, 0.15) is 5.76 Å². The fourth-order valence-electron chi connectivity index (χ4n) is 4.30. The zero-order valence-electron chi connectivity index (χ0n) is 13.6. The molecular weight excluding hydrogens is 300 g/mol. The minimum Gasteiger partial charge on any atom is -0.506 e. The Kier molecular flexibility index (Phi) is 2.96. The van der Waals surface area contributed by atoms with Gasteiger partial charge in [0.2, 0.25) is 5.78 Å². The highest BCUT2D eigenvalue weighted by atomic mass is 16.3. The monoisotopic (exact) mass is 320 g/mol. The van der Waals surface area contributed by atoms with Crippen LogP contribution in [-0.2, 0) is 17.6 Å². The molecule has 0 amide bonds. The molecule has 0 unspecified atom stereocenters. The number of nitrogens with one attached hydrogen (secondary N) is 1. The van der Waals surface area contributed by atoms with E-state index in [1.54, 1.807) is 0 Å². The maximum Gasteiger partial charge on any atom is 0.204 e. The van der Waals surface area contributed by atoms with Crippen LogP contribution in [0, 0.1) is 0 Å². The average molecular weight is 320 g/mol. The van der Waals surface area contributed by atoms with Crippen LogP contribution in [0.2, 0.25) is 0 Å². The first-order chi connectivity index (χ1) is 11.7. The molecule has 2 N–H and O–H groups in total. The Morgan fingerprint density at radius 1 is 1.00 bits per heavy atom. The molecule has 4 nitrogen and oxygen atoms in total. The smallest absolute Gasteiger partial charge is 0.204 e. The van der Waals surface area contributed by atoms with Gasteiger partial charge in [-0.2, -0.15) is 0 Å². The molecule has 0 spiro atoms. The summed E-state index contributed by atoms with van der Waals surface area (Å²) in [7, 11) is 0. The van der Waals surface area contributed by atoms with E-state index in [0.29, 0.717) is 16.8 Å². The summed E-state index contributed by atoms with van der Waals surface area (Å²) in [5.74, 6) is 0.0226. The fourth-order valence-corrected chi connectivity index (χ4v) is 4.30. The highest BCUT2D eigenvalue weighted by Crippen LogP contribution is 2.41. The van der Waals surface area contributed by atoms with Crippen LogP contribution in [0.5, 0.6) is 0 Å². The summed E-state index contributed by atoms with van der Waals surface area (Å²) in [6, 6.07) is 2.04. The van der Waals surface area contributed by atoms with Crippen LogP contribution in [0.3, 0.4) is 0 Å². The number of H-pyrrole nitrogens is 1. The molecule has 3 aliphatic carbocycles. The Bertz CT molecular complexity index is 845. The summed E-state index contributed by atoms with van der Waals surface area (Å²) in [6.45, 7) is 0. The normalized spacial score (nSPS) is 25.9. The van der Waals surface area contributed by atoms with Crippen LogP contribution in [0.25, 0.3) is 5.57 Å². The van der Waals surface area contributed by atoms with Gasteiger partial charge in [0.25, 0.3) is 0 Å². The number of carbonyl (C=O) groups is 1. The van der Waals surface area contributed by atoms with Crippen molar-refractivity contribution in [3.8, 4) is 0 Å². The molecule has 2 heterocycles. The van der Waals surface area contributed by atoms with Gasteiger partial charge < -0.3 is 10.1 Å². The van der Waals surface area contributed by atoms with Crippen molar-refractivity contribution in [3.05, 3.63) is 51.7 Å². The van der Waals surface area contributed by atoms with Gasteiger partial charge in [-0.15, -0.1) is 0 Å². The molecular formula is C20H20N2O2. The van der Waals surface area contributed by atoms with Gasteiger partial charge >= 0.3 is 0 Å². The maximum absolute atomic E-state index is 12.7. The van der Waals surface area contributed by atoms with Crippen LogP contribution in [0.4, 0.5) is 0 Å². The molecule has 1 aliphatic heterocycles. The van der Waals surface area contributed by atoms with E-state index >= 15 is 0 Å². The van der Waals surface area contributed by atoms with Crippen molar-refractivity contribution in [2.75, 3.05) is 0 Å². The Hall–Kier alpha value is -2.36. The van der Waals surface area contributed by atoms with E-state index in [4.69, 9.17) is 0 Å². The van der Waals surface area contributed by atoms with E-state index in [0.717, 1.165) is 43.5 Å². The zero-order valence-corrected chi connectivity index (χ0v) is 13.6. The van der Waals surface area contributed by atoms with Crippen molar-refractivity contribution in [1.29, 1.82) is 0 Å². The third-order valence-electron chi connectivity index (χ3n) is 5.61. The molecule has 0 radical (unpaired) electrons. The molecule has 0 saturated heterocycles. The van der Waals surface area contributed by atoms with Crippen molar-refractivity contribution in [2.24, 2.45) is 4.99 Å². The number of aromatic amines is 1. The molecule has 1 saturated carbocycles. The number of ketones is 1. The van der Waals surface area contributed by atoms with Crippen LogP contribution >= 0.6 is 0 Å². The number of aliphatic hydroxyl groups is 1. The van der Waals surface area contributed by atoms with Crippen LogP contribution in [0.1, 0.15) is 55.5 Å². The predicted octanol–water partition coefficient (Wildman–Crippen LogP) is 3.95. The number of aromatic nitrogens is 1. The summed E-state index contributed by atoms with van der Waals surface area (Å²) < 4.78 is 0. The molecule has 0 aromatic carbocycles. The van der Waals surface area contributed by atoms with E-state index in [9.17, 15) is 9.90 Å². The van der Waals surface area contributed by atoms with E-state index in [1.807, 2.05) is 12.1 Å². The molecule has 24 heavy (non-hydrogen) atoms. The van der Waals surface area contributed by atoms with Crippen molar-refractivity contribution >= 4 is 17.1 Å². The van der Waals surface area contributed by atoms with Gasteiger partial charge in [0.05, 0.1) is 22.5 Å². The minimum atomic E-state index is -0.0825. The lowest BCUT2D eigenvalue weighted by Gasteiger charge is -2.21. The first-order valence-corrected chi connectivity index (χ1v) is 8.94. The lowest BCUT2D eigenvalue weighted by atomic mass is 9.84. The Morgan fingerprint density at radius 2 is 1.79 bits per heavy atom. The lowest BCUT2D eigenvalue weighted by Crippen LogP contribution is -2.22. The highest BCUT2D eigenvalue weighted by Gasteiger charge is 2.39. The van der Waals surface area contributed by atoms with Crippen molar-refractivity contribution < 1.29 is 9.90 Å². The molecule has 1 fully saturated rings. The molecule has 0 atom stereocenters. The van der Waals surface area contributed by atoms with Gasteiger partial charge in [-0.3, -0.25) is 9.79 Å². The number of Topliss-reactive ketones (excluding diaryl/α,β-unsaturated/α-hetero) is 1. The zero-order chi connectivity index (χ0) is 16.3. The van der Waals surface area contributed by atoms with E-state index < -0.39 is 0 Å². The molecule has 5 rings (SSSR count). The third-order valence-corrected chi connectivity index (χ3v) is 5.61. The van der Waals surface area contributed by atoms with Gasteiger partial charge in [-0.25, -0.2) is 0 Å². The second-order valence-electron chi connectivity index (χ2n) is 7.14. The molecule has 4 aliphatic rings. The summed E-state index contributed by atoms with van der Waals surface area (Å²) in [5, 5.41) is 10.5. The highest BCUT2D eigenvalue weighted by molar-refractivity contribution is 6.39.